The molecule has 5 heteroatoms. The van der Waals surface area contributed by atoms with Crippen LogP contribution in [0.1, 0.15) is 5.56 Å². The number of aryl methyl sites for hydroxylation is 1. The van der Waals surface area contributed by atoms with Crippen molar-refractivity contribution in [1.29, 1.82) is 0 Å². The number of nitrogen functional groups attached to an aromatic ring is 1. The van der Waals surface area contributed by atoms with Gasteiger partial charge in [-0.3, -0.25) is 0 Å². The summed E-state index contributed by atoms with van der Waals surface area (Å²) in [5.74, 6) is -1.27. The van der Waals surface area contributed by atoms with E-state index < -0.39 is 11.6 Å². The Morgan fingerprint density at radius 2 is 1.89 bits per heavy atom. The Morgan fingerprint density at radius 3 is 2.56 bits per heavy atom. The molecule has 0 heterocycles. The fourth-order valence-electron chi connectivity index (χ4n) is 1.55. The molecule has 2 aromatic carbocycles. The minimum absolute atomic E-state index is 0.191. The molecule has 0 amide bonds. The number of halogens is 3. The second kappa shape index (κ2) is 4.94. The maximum Gasteiger partial charge on any atom is 0.152 e. The van der Waals surface area contributed by atoms with Gasteiger partial charge in [-0.2, -0.15) is 0 Å². The van der Waals surface area contributed by atoms with Crippen LogP contribution < -0.4 is 11.1 Å². The molecule has 0 aromatic heterocycles. The molecule has 0 spiro atoms. The van der Waals surface area contributed by atoms with Crippen LogP contribution in [0.5, 0.6) is 0 Å². The van der Waals surface area contributed by atoms with Crippen LogP contribution in [0.4, 0.5) is 25.8 Å². The quantitative estimate of drug-likeness (QED) is 0.808. The molecule has 0 atom stereocenters. The van der Waals surface area contributed by atoms with E-state index in [1.54, 1.807) is 25.1 Å². The molecule has 0 bridgehead atoms. The molecular formula is C13H11BrF2N2. The Hall–Kier alpha value is -1.62. The first-order valence-electron chi connectivity index (χ1n) is 5.25. The van der Waals surface area contributed by atoms with Crippen molar-refractivity contribution in [3.63, 3.8) is 0 Å². The average Bonchev–Trinajstić information content (AvgIpc) is 2.32. The average molecular weight is 313 g/mol. The van der Waals surface area contributed by atoms with Crippen LogP contribution in [0.25, 0.3) is 0 Å². The van der Waals surface area contributed by atoms with Crippen molar-refractivity contribution in [3.05, 3.63) is 52.0 Å². The van der Waals surface area contributed by atoms with Crippen molar-refractivity contribution in [2.45, 2.75) is 6.92 Å². The number of hydrogen-bond donors (Lipinski definition) is 2. The van der Waals surface area contributed by atoms with Crippen LogP contribution in [0.15, 0.2) is 34.8 Å². The monoisotopic (exact) mass is 312 g/mol. The van der Waals surface area contributed by atoms with Gasteiger partial charge in [0.1, 0.15) is 11.5 Å². The number of benzene rings is 2. The van der Waals surface area contributed by atoms with Crippen molar-refractivity contribution in [2.24, 2.45) is 0 Å². The fourth-order valence-corrected chi connectivity index (χ4v) is 1.93. The van der Waals surface area contributed by atoms with Gasteiger partial charge < -0.3 is 11.1 Å². The van der Waals surface area contributed by atoms with Crippen LogP contribution in [-0.2, 0) is 0 Å². The smallest absolute Gasteiger partial charge is 0.152 e. The molecule has 0 saturated heterocycles. The third-order valence-corrected chi connectivity index (χ3v) is 3.05. The largest absolute Gasteiger partial charge is 0.397 e. The molecule has 2 rings (SSSR count). The lowest BCUT2D eigenvalue weighted by molar-refractivity contribution is 0.585. The summed E-state index contributed by atoms with van der Waals surface area (Å²) in [7, 11) is 0. The highest BCUT2D eigenvalue weighted by molar-refractivity contribution is 9.10. The van der Waals surface area contributed by atoms with Crippen LogP contribution in [0, 0.1) is 18.6 Å². The lowest BCUT2D eigenvalue weighted by Crippen LogP contribution is -2.02. The fraction of sp³-hybridized carbons (Fsp3) is 0.0769. The van der Waals surface area contributed by atoms with Gasteiger partial charge in [-0.25, -0.2) is 8.78 Å². The number of rotatable bonds is 2. The summed E-state index contributed by atoms with van der Waals surface area (Å²) in [6.45, 7) is 1.57. The summed E-state index contributed by atoms with van der Waals surface area (Å²) in [5, 5.41) is 2.68. The maximum absolute atomic E-state index is 13.8. The van der Waals surface area contributed by atoms with Gasteiger partial charge in [0.2, 0.25) is 0 Å². The third kappa shape index (κ3) is 2.46. The van der Waals surface area contributed by atoms with Crippen LogP contribution in [-0.4, -0.2) is 0 Å². The Bertz CT molecular complexity index is 600. The van der Waals surface area contributed by atoms with Crippen molar-refractivity contribution >= 4 is 33.0 Å². The van der Waals surface area contributed by atoms with E-state index in [0.29, 0.717) is 16.9 Å². The molecule has 0 aliphatic carbocycles. The highest BCUT2D eigenvalue weighted by atomic mass is 79.9. The van der Waals surface area contributed by atoms with E-state index in [2.05, 4.69) is 21.2 Å². The molecule has 94 valence electrons. The Kier molecular flexibility index (Phi) is 3.52. The topological polar surface area (TPSA) is 38.0 Å². The third-order valence-electron chi connectivity index (χ3n) is 2.56. The summed E-state index contributed by atoms with van der Waals surface area (Å²) >= 11 is 3.27. The Labute approximate surface area is 112 Å². The standard InChI is InChI=1S/C13H11BrF2N2/c1-7-2-4-9(15)13(12(7)16)18-11-5-3-8(14)6-10(11)17/h2-6,18H,17H2,1H3. The van der Waals surface area contributed by atoms with Crippen LogP contribution in [0.2, 0.25) is 0 Å². The number of anilines is 3. The zero-order chi connectivity index (χ0) is 13.3. The zero-order valence-electron chi connectivity index (χ0n) is 9.60. The van der Waals surface area contributed by atoms with Crippen molar-refractivity contribution in [3.8, 4) is 0 Å². The normalized spacial score (nSPS) is 10.4. The number of nitrogens with two attached hydrogens (primary N) is 1. The van der Waals surface area contributed by atoms with Crippen LogP contribution in [0.3, 0.4) is 0 Å². The molecule has 2 aromatic rings. The molecule has 0 fully saturated rings. The van der Waals surface area contributed by atoms with E-state index >= 15 is 0 Å². The van der Waals surface area contributed by atoms with Gasteiger partial charge in [0, 0.05) is 4.47 Å². The minimum Gasteiger partial charge on any atom is -0.397 e. The predicted molar refractivity (Wildman–Crippen MR) is 72.9 cm³/mol. The van der Waals surface area contributed by atoms with Crippen molar-refractivity contribution in [2.75, 3.05) is 11.1 Å². The van der Waals surface area contributed by atoms with Gasteiger partial charge in [0.15, 0.2) is 5.82 Å². The Balaban J connectivity index is 2.43. The van der Waals surface area contributed by atoms with Gasteiger partial charge in [0.25, 0.3) is 0 Å². The summed E-state index contributed by atoms with van der Waals surface area (Å²) in [4.78, 5) is 0. The van der Waals surface area contributed by atoms with E-state index in [1.165, 1.54) is 12.1 Å². The van der Waals surface area contributed by atoms with Gasteiger partial charge in [-0.15, -0.1) is 0 Å². The van der Waals surface area contributed by atoms with E-state index in [0.717, 1.165) is 4.47 Å². The molecule has 3 N–H and O–H groups in total. The summed E-state index contributed by atoms with van der Waals surface area (Å²) < 4.78 is 28.2. The zero-order valence-corrected chi connectivity index (χ0v) is 11.2. The maximum atomic E-state index is 13.8. The molecular weight excluding hydrogens is 302 g/mol. The first-order valence-corrected chi connectivity index (χ1v) is 6.05. The molecule has 0 unspecified atom stereocenters. The van der Waals surface area contributed by atoms with E-state index in [1.807, 2.05) is 0 Å². The second-order valence-corrected chi connectivity index (χ2v) is 4.83. The van der Waals surface area contributed by atoms with Gasteiger partial charge in [0.05, 0.1) is 11.4 Å². The van der Waals surface area contributed by atoms with Gasteiger partial charge >= 0.3 is 0 Å². The molecule has 0 saturated carbocycles. The molecule has 18 heavy (non-hydrogen) atoms. The predicted octanol–water partition coefficient (Wildman–Crippen LogP) is 4.36. The second-order valence-electron chi connectivity index (χ2n) is 3.91. The first kappa shape index (κ1) is 12.8. The Morgan fingerprint density at radius 1 is 1.17 bits per heavy atom. The van der Waals surface area contributed by atoms with Gasteiger partial charge in [-0.1, -0.05) is 22.0 Å². The number of nitrogens with one attached hydrogen (secondary N) is 1. The molecule has 2 nitrogen and oxygen atoms in total. The lowest BCUT2D eigenvalue weighted by atomic mass is 10.2. The van der Waals surface area contributed by atoms with Crippen LogP contribution >= 0.6 is 15.9 Å². The highest BCUT2D eigenvalue weighted by Gasteiger charge is 2.12. The minimum atomic E-state index is -0.652. The summed E-state index contributed by atoms with van der Waals surface area (Å²) in [6.07, 6.45) is 0. The molecule has 0 aliphatic rings. The lowest BCUT2D eigenvalue weighted by Gasteiger charge is -2.12. The van der Waals surface area contributed by atoms with Crippen molar-refractivity contribution < 1.29 is 8.78 Å². The summed E-state index contributed by atoms with van der Waals surface area (Å²) in [5.41, 5.74) is 6.82. The molecule has 0 radical (unpaired) electrons. The van der Waals surface area contributed by atoms with E-state index in [9.17, 15) is 8.78 Å². The molecule has 0 aliphatic heterocycles. The van der Waals surface area contributed by atoms with E-state index in [4.69, 9.17) is 5.73 Å². The van der Waals surface area contributed by atoms with Gasteiger partial charge in [-0.05, 0) is 36.8 Å². The summed E-state index contributed by atoms with van der Waals surface area (Å²) in [6, 6.07) is 7.66. The SMILES string of the molecule is Cc1ccc(F)c(Nc2ccc(Br)cc2N)c1F. The van der Waals surface area contributed by atoms with E-state index in [-0.39, 0.29) is 5.69 Å². The van der Waals surface area contributed by atoms with Crippen molar-refractivity contribution in [1.82, 2.24) is 0 Å². The number of hydrogen-bond acceptors (Lipinski definition) is 2. The highest BCUT2D eigenvalue weighted by Crippen LogP contribution is 2.30. The first-order chi connectivity index (χ1) is 8.49.